The molecule has 3 rings (SSSR count). The highest BCUT2D eigenvalue weighted by atomic mass is 32.1. The number of thiophene rings is 1. The highest BCUT2D eigenvalue weighted by Crippen LogP contribution is 2.30. The Morgan fingerprint density at radius 3 is 2.94 bits per heavy atom. The van der Waals surface area contributed by atoms with Crippen molar-refractivity contribution in [2.45, 2.75) is 18.4 Å². The molecule has 1 aromatic heterocycles. The van der Waals surface area contributed by atoms with Crippen molar-refractivity contribution in [3.8, 4) is 0 Å². The van der Waals surface area contributed by atoms with Gasteiger partial charge in [-0.25, -0.2) is 0 Å². The Morgan fingerprint density at radius 2 is 2.22 bits per heavy atom. The molecule has 0 N–H and O–H groups in total. The molecule has 0 aromatic carbocycles. The van der Waals surface area contributed by atoms with Gasteiger partial charge < -0.3 is 14.4 Å². The number of ether oxygens (including phenoxy) is 2. The van der Waals surface area contributed by atoms with E-state index < -0.39 is 0 Å². The summed E-state index contributed by atoms with van der Waals surface area (Å²) in [6, 6.07) is 2.01. The summed E-state index contributed by atoms with van der Waals surface area (Å²) in [5, 5.41) is 4.05. The first-order valence-electron chi connectivity index (χ1n) is 6.27. The molecule has 2 aliphatic rings. The highest BCUT2D eigenvalue weighted by Gasteiger charge is 2.45. The molecule has 5 heteroatoms. The summed E-state index contributed by atoms with van der Waals surface area (Å²) >= 11 is 1.63. The molecule has 1 aromatic rings. The zero-order valence-corrected chi connectivity index (χ0v) is 11.1. The highest BCUT2D eigenvalue weighted by molar-refractivity contribution is 7.07. The molecular formula is C13H17NO3S. The summed E-state index contributed by atoms with van der Waals surface area (Å²) in [4.78, 5) is 14.4. The molecule has 1 spiro atoms. The van der Waals surface area contributed by atoms with E-state index in [1.54, 1.807) is 11.3 Å². The molecule has 0 bridgehead atoms. The van der Waals surface area contributed by atoms with Gasteiger partial charge in [-0.1, -0.05) is 0 Å². The van der Waals surface area contributed by atoms with Gasteiger partial charge in [0, 0.05) is 13.2 Å². The summed E-state index contributed by atoms with van der Waals surface area (Å²) in [6.45, 7) is 3.28. The van der Waals surface area contributed by atoms with E-state index in [9.17, 15) is 4.79 Å². The second kappa shape index (κ2) is 4.99. The van der Waals surface area contributed by atoms with Crippen LogP contribution in [0.15, 0.2) is 16.8 Å². The average Bonchev–Trinajstić information content (AvgIpc) is 3.02. The second-order valence-corrected chi connectivity index (χ2v) is 5.71. The fourth-order valence-corrected chi connectivity index (χ4v) is 3.38. The molecule has 1 atom stereocenters. The Hall–Kier alpha value is -0.910. The van der Waals surface area contributed by atoms with Crippen molar-refractivity contribution in [1.29, 1.82) is 0 Å². The average molecular weight is 267 g/mol. The first-order valence-corrected chi connectivity index (χ1v) is 7.21. The number of hydrogen-bond acceptors (Lipinski definition) is 4. The van der Waals surface area contributed by atoms with E-state index in [4.69, 9.17) is 9.47 Å². The zero-order valence-electron chi connectivity index (χ0n) is 10.3. The van der Waals surface area contributed by atoms with Crippen LogP contribution in [0.1, 0.15) is 12.0 Å². The number of hydrogen-bond donors (Lipinski definition) is 0. The van der Waals surface area contributed by atoms with Crippen LogP contribution in [-0.4, -0.2) is 49.3 Å². The van der Waals surface area contributed by atoms with Crippen molar-refractivity contribution < 1.29 is 14.3 Å². The lowest BCUT2D eigenvalue weighted by Crippen LogP contribution is -2.60. The van der Waals surface area contributed by atoms with Crippen molar-refractivity contribution in [2.24, 2.45) is 0 Å². The van der Waals surface area contributed by atoms with Crippen molar-refractivity contribution in [3.63, 3.8) is 0 Å². The molecule has 0 radical (unpaired) electrons. The lowest BCUT2D eigenvalue weighted by atomic mass is 9.95. The Kier molecular flexibility index (Phi) is 3.37. The Balaban J connectivity index is 1.74. The van der Waals surface area contributed by atoms with Crippen LogP contribution in [0.2, 0.25) is 0 Å². The van der Waals surface area contributed by atoms with Crippen LogP contribution < -0.4 is 0 Å². The zero-order chi connectivity index (χ0) is 12.4. The summed E-state index contributed by atoms with van der Waals surface area (Å²) in [6.07, 6.45) is 1.38. The number of carbonyl (C=O) groups is 1. The molecule has 2 fully saturated rings. The van der Waals surface area contributed by atoms with Crippen molar-refractivity contribution in [2.75, 3.05) is 33.0 Å². The van der Waals surface area contributed by atoms with Crippen LogP contribution in [0.4, 0.5) is 0 Å². The van der Waals surface area contributed by atoms with Crippen LogP contribution in [-0.2, 0) is 20.7 Å². The molecule has 1 amide bonds. The van der Waals surface area contributed by atoms with E-state index in [-0.39, 0.29) is 11.4 Å². The van der Waals surface area contributed by atoms with E-state index in [1.807, 2.05) is 21.7 Å². The fourth-order valence-electron chi connectivity index (χ4n) is 2.71. The van der Waals surface area contributed by atoms with E-state index in [2.05, 4.69) is 0 Å². The summed E-state index contributed by atoms with van der Waals surface area (Å²) in [5.41, 5.74) is 0.899. The van der Waals surface area contributed by atoms with Crippen molar-refractivity contribution >= 4 is 17.2 Å². The third-order valence-electron chi connectivity index (χ3n) is 3.72. The minimum absolute atomic E-state index is 0.196. The van der Waals surface area contributed by atoms with Gasteiger partial charge in [-0.05, 0) is 28.8 Å². The number of rotatable bonds is 2. The van der Waals surface area contributed by atoms with Crippen LogP contribution in [0.3, 0.4) is 0 Å². The molecule has 4 nitrogen and oxygen atoms in total. The predicted molar refractivity (Wildman–Crippen MR) is 68.7 cm³/mol. The van der Waals surface area contributed by atoms with Crippen LogP contribution in [0.25, 0.3) is 0 Å². The summed E-state index contributed by atoms with van der Waals surface area (Å²) in [7, 11) is 0. The topological polar surface area (TPSA) is 38.8 Å². The monoisotopic (exact) mass is 267 g/mol. The standard InChI is InChI=1S/C13H17NO3S/c15-12(7-11-1-6-18-8-11)14-3-5-17-10-13(14)2-4-16-9-13/h1,6,8H,2-5,7,9-10H2/t13-/m1/s1. The number of carbonyl (C=O) groups excluding carboxylic acids is 1. The summed E-state index contributed by atoms with van der Waals surface area (Å²) in [5.74, 6) is 0.196. The van der Waals surface area contributed by atoms with E-state index in [0.29, 0.717) is 32.8 Å². The van der Waals surface area contributed by atoms with Crippen LogP contribution >= 0.6 is 11.3 Å². The van der Waals surface area contributed by atoms with Gasteiger partial charge in [0.05, 0.1) is 31.8 Å². The van der Waals surface area contributed by atoms with E-state index in [1.165, 1.54) is 0 Å². The first-order chi connectivity index (χ1) is 8.80. The van der Waals surface area contributed by atoms with E-state index >= 15 is 0 Å². The maximum absolute atomic E-state index is 12.4. The quantitative estimate of drug-likeness (QED) is 0.811. The molecular weight excluding hydrogens is 250 g/mol. The van der Waals surface area contributed by atoms with Gasteiger partial charge in [0.15, 0.2) is 0 Å². The number of morpholine rings is 1. The van der Waals surface area contributed by atoms with Gasteiger partial charge in [-0.2, -0.15) is 11.3 Å². The normalized spacial score (nSPS) is 27.9. The van der Waals surface area contributed by atoms with Crippen LogP contribution in [0.5, 0.6) is 0 Å². The lowest BCUT2D eigenvalue weighted by molar-refractivity contribution is -0.148. The smallest absolute Gasteiger partial charge is 0.227 e. The lowest BCUT2D eigenvalue weighted by Gasteiger charge is -2.43. The minimum Gasteiger partial charge on any atom is -0.379 e. The molecule has 0 unspecified atom stereocenters. The molecule has 0 saturated carbocycles. The second-order valence-electron chi connectivity index (χ2n) is 4.93. The predicted octanol–water partition coefficient (Wildman–Crippen LogP) is 1.31. The van der Waals surface area contributed by atoms with Crippen LogP contribution in [0, 0.1) is 0 Å². The Morgan fingerprint density at radius 1 is 1.39 bits per heavy atom. The molecule has 2 aliphatic heterocycles. The number of nitrogens with zero attached hydrogens (tertiary/aromatic N) is 1. The maximum Gasteiger partial charge on any atom is 0.227 e. The Bertz CT molecular complexity index is 412. The van der Waals surface area contributed by atoms with Gasteiger partial charge in [0.1, 0.15) is 0 Å². The Labute approximate surface area is 110 Å². The number of amides is 1. The third kappa shape index (κ3) is 2.18. The first kappa shape index (κ1) is 12.1. The minimum atomic E-state index is -0.203. The van der Waals surface area contributed by atoms with E-state index in [0.717, 1.165) is 18.6 Å². The maximum atomic E-state index is 12.4. The summed E-state index contributed by atoms with van der Waals surface area (Å²) < 4.78 is 11.0. The van der Waals surface area contributed by atoms with Gasteiger partial charge in [-0.3, -0.25) is 4.79 Å². The van der Waals surface area contributed by atoms with Crippen molar-refractivity contribution in [1.82, 2.24) is 4.90 Å². The van der Waals surface area contributed by atoms with Gasteiger partial charge >= 0.3 is 0 Å². The van der Waals surface area contributed by atoms with Gasteiger partial charge in [0.25, 0.3) is 0 Å². The SMILES string of the molecule is O=C(Cc1ccsc1)N1CCOC[C@]12CCOC2. The van der Waals surface area contributed by atoms with Gasteiger partial charge in [-0.15, -0.1) is 0 Å². The molecule has 3 heterocycles. The molecule has 0 aliphatic carbocycles. The largest absolute Gasteiger partial charge is 0.379 e. The fraction of sp³-hybridized carbons (Fsp3) is 0.615. The molecule has 98 valence electrons. The van der Waals surface area contributed by atoms with Gasteiger partial charge in [0.2, 0.25) is 5.91 Å². The van der Waals surface area contributed by atoms with Crippen molar-refractivity contribution in [3.05, 3.63) is 22.4 Å². The third-order valence-corrected chi connectivity index (χ3v) is 4.45. The molecule has 18 heavy (non-hydrogen) atoms. The molecule has 2 saturated heterocycles.